The molecule has 0 saturated carbocycles. The zero-order valence-corrected chi connectivity index (χ0v) is 25.9. The first-order valence-electron chi connectivity index (χ1n) is 15.6. The lowest BCUT2D eigenvalue weighted by Crippen LogP contribution is -2.17. The second kappa shape index (κ2) is 10.1. The van der Waals surface area contributed by atoms with Crippen molar-refractivity contribution in [2.45, 2.75) is 57.8 Å². The molecule has 0 spiro atoms. The van der Waals surface area contributed by atoms with E-state index in [0.29, 0.717) is 0 Å². The Hall–Kier alpha value is -4.42. The first kappa shape index (κ1) is 27.4. The highest BCUT2D eigenvalue weighted by atomic mass is 14.4. The molecule has 0 aromatic heterocycles. The lowest BCUT2D eigenvalue weighted by atomic mass is 9.78. The van der Waals surface area contributed by atoms with Crippen LogP contribution in [0.2, 0.25) is 0 Å². The van der Waals surface area contributed by atoms with Crippen LogP contribution in [0.5, 0.6) is 0 Å². The summed E-state index contributed by atoms with van der Waals surface area (Å²) in [6.07, 6.45) is 19.1. The number of benzene rings is 3. The first-order chi connectivity index (χ1) is 20.7. The highest BCUT2D eigenvalue weighted by molar-refractivity contribution is 5.94. The smallest absolute Gasteiger partial charge is 0.0159 e. The molecule has 0 bridgehead atoms. The molecular weight excluding hydrogens is 516 g/mol. The molecule has 0 amide bonds. The Morgan fingerprint density at radius 2 is 1.51 bits per heavy atom. The fourth-order valence-corrected chi connectivity index (χ4v) is 7.51. The van der Waals surface area contributed by atoms with Gasteiger partial charge < -0.3 is 0 Å². The topological polar surface area (TPSA) is 0 Å². The molecule has 0 atom stereocenters. The minimum Gasteiger partial charge on any atom is -0.0915 e. The molecular formula is C43H40. The van der Waals surface area contributed by atoms with Crippen molar-refractivity contribution in [3.05, 3.63) is 173 Å². The van der Waals surface area contributed by atoms with Crippen molar-refractivity contribution >= 4 is 16.7 Å². The normalized spacial score (nSPS) is 20.4. The quantitative estimate of drug-likeness (QED) is 0.300. The maximum Gasteiger partial charge on any atom is 0.0159 e. The predicted molar refractivity (Wildman–Crippen MR) is 186 cm³/mol. The average Bonchev–Trinajstić information content (AvgIpc) is 3.22. The molecule has 0 N–H and O–H groups in total. The number of allylic oxidation sites excluding steroid dienone is 14. The Morgan fingerprint density at radius 3 is 2.28 bits per heavy atom. The molecule has 0 heteroatoms. The van der Waals surface area contributed by atoms with Gasteiger partial charge in [-0.1, -0.05) is 138 Å². The van der Waals surface area contributed by atoms with Gasteiger partial charge in [0.05, 0.1) is 0 Å². The van der Waals surface area contributed by atoms with E-state index in [1.807, 2.05) is 0 Å². The minimum atomic E-state index is -0.140. The molecule has 4 aliphatic carbocycles. The molecule has 0 radical (unpaired) electrons. The summed E-state index contributed by atoms with van der Waals surface area (Å²) in [6.45, 7) is 18.5. The van der Waals surface area contributed by atoms with Gasteiger partial charge in [0.1, 0.15) is 0 Å². The van der Waals surface area contributed by atoms with Crippen LogP contribution < -0.4 is 0 Å². The van der Waals surface area contributed by atoms with Crippen LogP contribution in [0.1, 0.15) is 74.8 Å². The van der Waals surface area contributed by atoms with Gasteiger partial charge in [0.25, 0.3) is 0 Å². The third-order valence-corrected chi connectivity index (χ3v) is 10.1. The highest BCUT2D eigenvalue weighted by Gasteiger charge is 2.39. The largest absolute Gasteiger partial charge is 0.0915 e. The van der Waals surface area contributed by atoms with Crippen LogP contribution in [-0.2, 0) is 10.8 Å². The van der Waals surface area contributed by atoms with Crippen LogP contribution in [0.15, 0.2) is 145 Å². The molecule has 0 aliphatic heterocycles. The third kappa shape index (κ3) is 4.43. The van der Waals surface area contributed by atoms with Crippen LogP contribution >= 0.6 is 0 Å². The van der Waals surface area contributed by atoms with Crippen molar-refractivity contribution < 1.29 is 0 Å². The van der Waals surface area contributed by atoms with Crippen LogP contribution in [0.25, 0.3) is 27.8 Å². The van der Waals surface area contributed by atoms with E-state index in [9.17, 15) is 0 Å². The fourth-order valence-electron chi connectivity index (χ4n) is 7.51. The monoisotopic (exact) mass is 556 g/mol. The van der Waals surface area contributed by atoms with Crippen molar-refractivity contribution in [2.24, 2.45) is 0 Å². The Morgan fingerprint density at radius 1 is 0.791 bits per heavy atom. The minimum absolute atomic E-state index is 0.0844. The fraction of sp³-hybridized carbons (Fsp3) is 0.209. The Labute approximate surface area is 257 Å². The molecule has 0 fully saturated rings. The second-order valence-corrected chi connectivity index (χ2v) is 13.5. The summed E-state index contributed by atoms with van der Waals surface area (Å²) < 4.78 is 0. The lowest BCUT2D eigenvalue weighted by molar-refractivity contribution is 0.654. The number of fused-ring (bicyclic) bond motifs is 3. The van der Waals surface area contributed by atoms with Gasteiger partial charge in [-0.25, -0.2) is 0 Å². The van der Waals surface area contributed by atoms with Gasteiger partial charge in [-0.2, -0.15) is 0 Å². The van der Waals surface area contributed by atoms with E-state index in [-0.39, 0.29) is 10.8 Å². The molecule has 0 heterocycles. The van der Waals surface area contributed by atoms with Crippen molar-refractivity contribution in [3.63, 3.8) is 0 Å². The van der Waals surface area contributed by atoms with E-state index in [4.69, 9.17) is 0 Å². The summed E-state index contributed by atoms with van der Waals surface area (Å²) in [6, 6.07) is 24.8. The first-order valence-corrected chi connectivity index (χ1v) is 15.6. The Bertz CT molecular complexity index is 1890. The van der Waals surface area contributed by atoms with E-state index in [1.54, 1.807) is 0 Å². The van der Waals surface area contributed by atoms with Gasteiger partial charge in [0.2, 0.25) is 0 Å². The van der Waals surface area contributed by atoms with Crippen LogP contribution in [0.4, 0.5) is 0 Å². The summed E-state index contributed by atoms with van der Waals surface area (Å²) in [5.41, 5.74) is 18.0. The summed E-state index contributed by atoms with van der Waals surface area (Å²) in [5, 5.41) is 0. The Kier molecular flexibility index (Phi) is 6.44. The molecule has 0 unspecified atom stereocenters. The van der Waals surface area contributed by atoms with E-state index in [0.717, 1.165) is 30.4 Å². The van der Waals surface area contributed by atoms with Gasteiger partial charge >= 0.3 is 0 Å². The summed E-state index contributed by atoms with van der Waals surface area (Å²) in [4.78, 5) is 0. The maximum absolute atomic E-state index is 4.57. The number of rotatable bonds is 4. The van der Waals surface area contributed by atoms with Crippen molar-refractivity contribution in [1.82, 2.24) is 0 Å². The van der Waals surface area contributed by atoms with Crippen LogP contribution in [-0.4, -0.2) is 0 Å². The molecule has 3 aromatic rings. The third-order valence-electron chi connectivity index (χ3n) is 10.1. The molecule has 3 aromatic carbocycles. The second-order valence-electron chi connectivity index (χ2n) is 13.5. The van der Waals surface area contributed by atoms with Gasteiger partial charge in [-0.05, 0) is 109 Å². The average molecular weight is 557 g/mol. The van der Waals surface area contributed by atoms with Gasteiger partial charge in [0, 0.05) is 10.8 Å². The lowest BCUT2D eigenvalue weighted by Gasteiger charge is -2.25. The standard InChI is InChI=1S/C43H40/c1-28(30-14-9-7-10-15-30)24-38-29(2)35-22-20-34(27-39(35)42(38,3)4)32-18-13-19-36-37-23-21-33(31-16-11-8-12-17-31)26-41(37)43(5,6)40(36)25-32/h7-9,11-14,16-17,19-27H,1-2,10,15,18H2,3-6H3/b38-24+. The highest BCUT2D eigenvalue weighted by Crippen LogP contribution is 2.52. The molecule has 212 valence electrons. The van der Waals surface area contributed by atoms with Crippen molar-refractivity contribution in [3.8, 4) is 11.1 Å². The van der Waals surface area contributed by atoms with Gasteiger partial charge in [0.15, 0.2) is 0 Å². The van der Waals surface area contributed by atoms with E-state index in [1.165, 1.54) is 66.8 Å². The molecule has 7 rings (SSSR count). The molecule has 4 aliphatic rings. The summed E-state index contributed by atoms with van der Waals surface area (Å²) in [5.74, 6) is 0. The van der Waals surface area contributed by atoms with E-state index >= 15 is 0 Å². The molecule has 0 nitrogen and oxygen atoms in total. The van der Waals surface area contributed by atoms with Crippen molar-refractivity contribution in [2.75, 3.05) is 0 Å². The Balaban J connectivity index is 1.25. The van der Waals surface area contributed by atoms with Crippen molar-refractivity contribution in [1.29, 1.82) is 0 Å². The van der Waals surface area contributed by atoms with Crippen LogP contribution in [0, 0.1) is 0 Å². The van der Waals surface area contributed by atoms with Gasteiger partial charge in [-0.15, -0.1) is 0 Å². The van der Waals surface area contributed by atoms with Gasteiger partial charge in [-0.3, -0.25) is 0 Å². The van der Waals surface area contributed by atoms with E-state index in [2.05, 4.69) is 150 Å². The molecule has 43 heavy (non-hydrogen) atoms. The number of hydrogen-bond acceptors (Lipinski definition) is 0. The van der Waals surface area contributed by atoms with Crippen LogP contribution in [0.3, 0.4) is 0 Å². The van der Waals surface area contributed by atoms with E-state index < -0.39 is 0 Å². The zero-order valence-electron chi connectivity index (χ0n) is 25.9. The zero-order chi connectivity index (χ0) is 29.9. The predicted octanol–water partition coefficient (Wildman–Crippen LogP) is 11.5. The number of hydrogen-bond donors (Lipinski definition) is 0. The summed E-state index contributed by atoms with van der Waals surface area (Å²) in [7, 11) is 0. The molecule has 0 saturated heterocycles. The SMILES string of the molecule is C=C(/C=C1\C(=C)c2ccc(C3=CC4=C(C=CC3)c3ccc(-c5ccccc5)cc3C4(C)C)cc2C1(C)C)C1=CC=CCC1. The maximum atomic E-state index is 4.57. The summed E-state index contributed by atoms with van der Waals surface area (Å²) >= 11 is 0.